The molecule has 1 heterocycles. The molecular weight excluding hydrogens is 224 g/mol. The van der Waals surface area contributed by atoms with E-state index in [0.717, 1.165) is 32.6 Å². The molecule has 2 N–H and O–H groups in total. The highest BCUT2D eigenvalue weighted by molar-refractivity contribution is 7.91. The third-order valence-electron chi connectivity index (χ3n) is 3.31. The van der Waals surface area contributed by atoms with Gasteiger partial charge in [-0.05, 0) is 44.8 Å². The summed E-state index contributed by atoms with van der Waals surface area (Å²) in [6, 6.07) is 0. The number of nitrogens with zero attached hydrogens (tertiary/aromatic N) is 1. The molecule has 1 fully saturated rings. The molecule has 0 aromatic rings. The molecule has 1 saturated heterocycles. The minimum atomic E-state index is -2.79. The van der Waals surface area contributed by atoms with Crippen LogP contribution in [0, 0.1) is 5.92 Å². The summed E-state index contributed by atoms with van der Waals surface area (Å²) < 4.78 is 22.6. The van der Waals surface area contributed by atoms with Gasteiger partial charge in [-0.25, -0.2) is 8.42 Å². The highest BCUT2D eigenvalue weighted by Gasteiger charge is 2.18. The van der Waals surface area contributed by atoms with E-state index in [1.54, 1.807) is 6.92 Å². The number of sulfone groups is 1. The smallest absolute Gasteiger partial charge is 0.150 e. The Kier molecular flexibility index (Phi) is 5.72. The molecule has 0 spiro atoms. The van der Waals surface area contributed by atoms with E-state index >= 15 is 0 Å². The monoisotopic (exact) mass is 248 g/mol. The van der Waals surface area contributed by atoms with Crippen molar-refractivity contribution in [2.75, 3.05) is 37.7 Å². The van der Waals surface area contributed by atoms with Gasteiger partial charge in [0.1, 0.15) is 9.84 Å². The van der Waals surface area contributed by atoms with Gasteiger partial charge in [0.25, 0.3) is 0 Å². The molecule has 0 aromatic carbocycles. The van der Waals surface area contributed by atoms with Gasteiger partial charge in [-0.3, -0.25) is 0 Å². The number of hydrogen-bond donors (Lipinski definition) is 1. The second-order valence-electron chi connectivity index (χ2n) is 4.63. The van der Waals surface area contributed by atoms with Crippen LogP contribution < -0.4 is 5.73 Å². The largest absolute Gasteiger partial charge is 0.330 e. The van der Waals surface area contributed by atoms with Crippen LogP contribution in [-0.4, -0.2) is 51.0 Å². The number of hydrogen-bond acceptors (Lipinski definition) is 4. The van der Waals surface area contributed by atoms with Crippen LogP contribution in [0.25, 0.3) is 0 Å². The van der Waals surface area contributed by atoms with E-state index in [0.29, 0.717) is 11.7 Å². The Morgan fingerprint density at radius 1 is 1.44 bits per heavy atom. The summed E-state index contributed by atoms with van der Waals surface area (Å²) in [5, 5.41) is 0. The second-order valence-corrected chi connectivity index (χ2v) is 7.11. The highest BCUT2D eigenvalue weighted by atomic mass is 32.2. The zero-order valence-electron chi connectivity index (χ0n) is 10.2. The number of piperidine rings is 1. The van der Waals surface area contributed by atoms with Gasteiger partial charge in [0.15, 0.2) is 0 Å². The molecule has 1 unspecified atom stereocenters. The molecule has 0 radical (unpaired) electrons. The second kappa shape index (κ2) is 6.57. The normalized spacial score (nSPS) is 23.5. The summed E-state index contributed by atoms with van der Waals surface area (Å²) in [6.45, 7) is 5.51. The fourth-order valence-electron chi connectivity index (χ4n) is 2.20. The summed E-state index contributed by atoms with van der Waals surface area (Å²) in [5.41, 5.74) is 5.66. The molecule has 5 heteroatoms. The lowest BCUT2D eigenvalue weighted by Crippen LogP contribution is -2.39. The van der Waals surface area contributed by atoms with Crippen molar-refractivity contribution in [2.24, 2.45) is 11.7 Å². The molecule has 0 saturated carbocycles. The first-order valence-electron chi connectivity index (χ1n) is 6.20. The fourth-order valence-corrected chi connectivity index (χ4v) is 3.06. The van der Waals surface area contributed by atoms with Crippen LogP contribution in [0.3, 0.4) is 0 Å². The van der Waals surface area contributed by atoms with E-state index in [9.17, 15) is 8.42 Å². The van der Waals surface area contributed by atoms with Crippen molar-refractivity contribution >= 4 is 9.84 Å². The Balaban J connectivity index is 2.22. The maximum atomic E-state index is 11.3. The van der Waals surface area contributed by atoms with Crippen LogP contribution in [0.5, 0.6) is 0 Å². The predicted octanol–water partition coefficient (Wildman–Crippen LogP) is 0.482. The van der Waals surface area contributed by atoms with Gasteiger partial charge in [0.2, 0.25) is 0 Å². The highest BCUT2D eigenvalue weighted by Crippen LogP contribution is 2.15. The van der Waals surface area contributed by atoms with Crippen LogP contribution >= 0.6 is 0 Å². The summed E-state index contributed by atoms with van der Waals surface area (Å²) in [4.78, 5) is 2.35. The van der Waals surface area contributed by atoms with Crippen LogP contribution in [0.1, 0.15) is 26.2 Å². The SMILES string of the molecule is CCS(=O)(=O)CCCN1CCCC(CN)C1. The van der Waals surface area contributed by atoms with Crippen LogP contribution in [0.15, 0.2) is 0 Å². The van der Waals surface area contributed by atoms with Crippen molar-refractivity contribution in [3.63, 3.8) is 0 Å². The molecule has 4 nitrogen and oxygen atoms in total. The van der Waals surface area contributed by atoms with Gasteiger partial charge in [0, 0.05) is 12.3 Å². The van der Waals surface area contributed by atoms with Gasteiger partial charge >= 0.3 is 0 Å². The Hall–Kier alpha value is -0.130. The summed E-state index contributed by atoms with van der Waals surface area (Å²) in [6.07, 6.45) is 3.18. The number of rotatable bonds is 6. The molecule has 0 bridgehead atoms. The van der Waals surface area contributed by atoms with Gasteiger partial charge in [-0.2, -0.15) is 0 Å². The lowest BCUT2D eigenvalue weighted by molar-refractivity contribution is 0.179. The quantitative estimate of drug-likeness (QED) is 0.743. The minimum absolute atomic E-state index is 0.262. The minimum Gasteiger partial charge on any atom is -0.330 e. The molecule has 0 aliphatic carbocycles. The first-order chi connectivity index (χ1) is 7.57. The van der Waals surface area contributed by atoms with E-state index in [1.165, 1.54) is 12.8 Å². The zero-order valence-corrected chi connectivity index (χ0v) is 11.0. The summed E-state index contributed by atoms with van der Waals surface area (Å²) >= 11 is 0. The lowest BCUT2D eigenvalue weighted by Gasteiger charge is -2.31. The van der Waals surface area contributed by atoms with Crippen molar-refractivity contribution < 1.29 is 8.42 Å². The van der Waals surface area contributed by atoms with Gasteiger partial charge < -0.3 is 10.6 Å². The van der Waals surface area contributed by atoms with Crippen LogP contribution in [0.2, 0.25) is 0 Å². The van der Waals surface area contributed by atoms with Crippen molar-refractivity contribution in [3.8, 4) is 0 Å². The Bertz CT molecular complexity index is 290. The molecule has 1 atom stereocenters. The molecule has 0 amide bonds. The van der Waals surface area contributed by atoms with E-state index in [2.05, 4.69) is 4.90 Å². The van der Waals surface area contributed by atoms with E-state index in [-0.39, 0.29) is 5.75 Å². The van der Waals surface area contributed by atoms with Crippen molar-refractivity contribution in [1.29, 1.82) is 0 Å². The summed E-state index contributed by atoms with van der Waals surface area (Å²) in [5.74, 6) is 1.20. The van der Waals surface area contributed by atoms with Crippen LogP contribution in [0.4, 0.5) is 0 Å². The Labute approximate surface area is 99.1 Å². The third-order valence-corrected chi connectivity index (χ3v) is 5.10. The fraction of sp³-hybridized carbons (Fsp3) is 1.00. The molecular formula is C11H24N2O2S. The number of nitrogens with two attached hydrogens (primary N) is 1. The third kappa shape index (κ3) is 4.80. The van der Waals surface area contributed by atoms with E-state index < -0.39 is 9.84 Å². The summed E-state index contributed by atoms with van der Waals surface area (Å²) in [7, 11) is -2.79. The Morgan fingerprint density at radius 2 is 2.19 bits per heavy atom. The van der Waals surface area contributed by atoms with Gasteiger partial charge in [-0.1, -0.05) is 6.92 Å². The van der Waals surface area contributed by atoms with Crippen molar-refractivity contribution in [3.05, 3.63) is 0 Å². The number of likely N-dealkylation sites (tertiary alicyclic amines) is 1. The molecule has 0 aromatic heterocycles. The average molecular weight is 248 g/mol. The lowest BCUT2D eigenvalue weighted by atomic mass is 9.98. The van der Waals surface area contributed by atoms with E-state index in [1.807, 2.05) is 0 Å². The van der Waals surface area contributed by atoms with Gasteiger partial charge in [-0.15, -0.1) is 0 Å². The van der Waals surface area contributed by atoms with Gasteiger partial charge in [0.05, 0.1) is 5.75 Å². The molecule has 16 heavy (non-hydrogen) atoms. The molecule has 1 aliphatic rings. The molecule has 1 aliphatic heterocycles. The molecule has 96 valence electrons. The maximum absolute atomic E-state index is 11.3. The van der Waals surface area contributed by atoms with Crippen molar-refractivity contribution in [1.82, 2.24) is 4.90 Å². The predicted molar refractivity (Wildman–Crippen MR) is 67.2 cm³/mol. The van der Waals surface area contributed by atoms with E-state index in [4.69, 9.17) is 5.73 Å². The first kappa shape index (κ1) is 13.9. The first-order valence-corrected chi connectivity index (χ1v) is 8.02. The Morgan fingerprint density at radius 3 is 2.81 bits per heavy atom. The zero-order chi connectivity index (χ0) is 12.0. The molecule has 1 rings (SSSR count). The maximum Gasteiger partial charge on any atom is 0.150 e. The topological polar surface area (TPSA) is 63.4 Å². The van der Waals surface area contributed by atoms with Crippen molar-refractivity contribution in [2.45, 2.75) is 26.2 Å². The standard InChI is InChI=1S/C11H24N2O2S/c1-2-16(14,15)8-4-7-13-6-3-5-11(9-12)10-13/h11H,2-10,12H2,1H3. The van der Waals surface area contributed by atoms with Crippen LogP contribution in [-0.2, 0) is 9.84 Å². The average Bonchev–Trinajstić information content (AvgIpc) is 2.29.